The zero-order valence-electron chi connectivity index (χ0n) is 11.5. The molecule has 0 fully saturated rings. The minimum absolute atomic E-state index is 0.199. The molecule has 5 nitrogen and oxygen atoms in total. The molecule has 0 aliphatic rings. The molecule has 2 N–H and O–H groups in total. The molecular formula is C12H24N4O. The highest BCUT2D eigenvalue weighted by molar-refractivity contribution is 5.17. The number of hydrogen-bond acceptors (Lipinski definition) is 5. The second kappa shape index (κ2) is 6.00. The lowest BCUT2D eigenvalue weighted by atomic mass is 9.97. The molecule has 0 saturated carbocycles. The van der Waals surface area contributed by atoms with Gasteiger partial charge < -0.3 is 15.1 Å². The molecule has 1 aromatic heterocycles. The fourth-order valence-electron chi connectivity index (χ4n) is 1.21. The van der Waals surface area contributed by atoms with E-state index in [9.17, 15) is 0 Å². The maximum Gasteiger partial charge on any atom is 0.315 e. The van der Waals surface area contributed by atoms with Crippen molar-refractivity contribution in [2.75, 3.05) is 18.4 Å². The maximum atomic E-state index is 5.47. The number of aromatic nitrogens is 2. The highest BCUT2D eigenvalue weighted by Gasteiger charge is 2.12. The van der Waals surface area contributed by atoms with Crippen LogP contribution in [0, 0.1) is 11.3 Å². The van der Waals surface area contributed by atoms with Crippen LogP contribution in [0.5, 0.6) is 0 Å². The Labute approximate surface area is 103 Å². The number of nitrogens with one attached hydrogen (secondary N) is 2. The predicted molar refractivity (Wildman–Crippen MR) is 68.8 cm³/mol. The Morgan fingerprint density at radius 3 is 2.53 bits per heavy atom. The van der Waals surface area contributed by atoms with Gasteiger partial charge in [0.2, 0.25) is 5.89 Å². The standard InChI is InChI=1S/C12H24N4O/c1-9(2)6-13-7-10-15-16-11(17-10)14-8-12(3,4)5/h9,13H,6-8H2,1-5H3,(H,14,16). The summed E-state index contributed by atoms with van der Waals surface area (Å²) in [5.74, 6) is 1.25. The summed E-state index contributed by atoms with van der Waals surface area (Å²) in [7, 11) is 0. The fourth-order valence-corrected chi connectivity index (χ4v) is 1.21. The molecule has 0 aliphatic heterocycles. The minimum atomic E-state index is 0.199. The van der Waals surface area contributed by atoms with Crippen molar-refractivity contribution in [2.45, 2.75) is 41.2 Å². The largest absolute Gasteiger partial charge is 0.407 e. The van der Waals surface area contributed by atoms with Gasteiger partial charge in [0.15, 0.2) is 0 Å². The fraction of sp³-hybridized carbons (Fsp3) is 0.833. The SMILES string of the molecule is CC(C)CNCc1nnc(NCC(C)(C)C)o1. The Bertz CT molecular complexity index is 327. The molecule has 0 atom stereocenters. The molecule has 0 aromatic carbocycles. The van der Waals surface area contributed by atoms with E-state index in [2.05, 4.69) is 55.4 Å². The van der Waals surface area contributed by atoms with Crippen LogP contribution in [0.3, 0.4) is 0 Å². The summed E-state index contributed by atoms with van der Waals surface area (Å²) in [6.07, 6.45) is 0. The molecule has 0 amide bonds. The van der Waals surface area contributed by atoms with Gasteiger partial charge in [-0.2, -0.15) is 0 Å². The van der Waals surface area contributed by atoms with E-state index >= 15 is 0 Å². The second-order valence-electron chi connectivity index (χ2n) is 5.94. The van der Waals surface area contributed by atoms with E-state index in [1.807, 2.05) is 0 Å². The van der Waals surface area contributed by atoms with E-state index in [0.29, 0.717) is 24.4 Å². The molecule has 5 heteroatoms. The van der Waals surface area contributed by atoms with Crippen molar-refractivity contribution in [2.24, 2.45) is 11.3 Å². The Balaban J connectivity index is 2.32. The molecule has 98 valence electrons. The lowest BCUT2D eigenvalue weighted by molar-refractivity contribution is 0.424. The minimum Gasteiger partial charge on any atom is -0.407 e. The average molecular weight is 240 g/mol. The van der Waals surface area contributed by atoms with Gasteiger partial charge in [0.05, 0.1) is 6.54 Å². The summed E-state index contributed by atoms with van der Waals surface area (Å²) in [4.78, 5) is 0. The third-order valence-electron chi connectivity index (χ3n) is 2.07. The molecule has 0 bridgehead atoms. The molecule has 1 heterocycles. The first-order valence-electron chi connectivity index (χ1n) is 6.14. The van der Waals surface area contributed by atoms with Gasteiger partial charge in [0, 0.05) is 6.54 Å². The van der Waals surface area contributed by atoms with E-state index in [1.165, 1.54) is 0 Å². The van der Waals surface area contributed by atoms with Crippen LogP contribution in [0.15, 0.2) is 4.42 Å². The van der Waals surface area contributed by atoms with E-state index in [-0.39, 0.29) is 5.41 Å². The maximum absolute atomic E-state index is 5.47. The van der Waals surface area contributed by atoms with Gasteiger partial charge in [-0.25, -0.2) is 0 Å². The molecule has 0 spiro atoms. The lowest BCUT2D eigenvalue weighted by Crippen LogP contribution is -2.19. The van der Waals surface area contributed by atoms with Gasteiger partial charge in [-0.05, 0) is 17.9 Å². The molecule has 17 heavy (non-hydrogen) atoms. The van der Waals surface area contributed by atoms with E-state index in [4.69, 9.17) is 4.42 Å². The zero-order chi connectivity index (χ0) is 12.9. The van der Waals surface area contributed by atoms with Crippen LogP contribution in [0.2, 0.25) is 0 Å². The van der Waals surface area contributed by atoms with Crippen molar-refractivity contribution in [3.63, 3.8) is 0 Å². The monoisotopic (exact) mass is 240 g/mol. The summed E-state index contributed by atoms with van der Waals surface area (Å²) in [6.45, 7) is 13.2. The van der Waals surface area contributed by atoms with Gasteiger partial charge in [0.1, 0.15) is 0 Å². The first-order valence-corrected chi connectivity index (χ1v) is 6.14. The second-order valence-corrected chi connectivity index (χ2v) is 5.94. The predicted octanol–water partition coefficient (Wildman–Crippen LogP) is 2.27. The van der Waals surface area contributed by atoms with Crippen molar-refractivity contribution in [1.29, 1.82) is 0 Å². The highest BCUT2D eigenvalue weighted by atomic mass is 16.4. The van der Waals surface area contributed by atoms with Crippen LogP contribution in [0.1, 0.15) is 40.5 Å². The first kappa shape index (κ1) is 14.0. The van der Waals surface area contributed by atoms with Gasteiger partial charge in [-0.15, -0.1) is 5.10 Å². The van der Waals surface area contributed by atoms with E-state index < -0.39 is 0 Å². The van der Waals surface area contributed by atoms with Crippen molar-refractivity contribution in [1.82, 2.24) is 15.5 Å². The molecule has 0 aliphatic carbocycles. The third kappa shape index (κ3) is 6.26. The van der Waals surface area contributed by atoms with Crippen LogP contribution in [-0.4, -0.2) is 23.3 Å². The normalized spacial score (nSPS) is 12.1. The Morgan fingerprint density at radius 1 is 1.24 bits per heavy atom. The van der Waals surface area contributed by atoms with E-state index in [1.54, 1.807) is 0 Å². The average Bonchev–Trinajstić information content (AvgIpc) is 2.61. The van der Waals surface area contributed by atoms with Crippen molar-refractivity contribution in [3.8, 4) is 0 Å². The summed E-state index contributed by atoms with van der Waals surface area (Å²) < 4.78 is 5.47. The lowest BCUT2D eigenvalue weighted by Gasteiger charge is -2.17. The topological polar surface area (TPSA) is 63.0 Å². The quantitative estimate of drug-likeness (QED) is 0.798. The Morgan fingerprint density at radius 2 is 1.94 bits per heavy atom. The molecule has 0 saturated heterocycles. The Hall–Kier alpha value is -1.10. The van der Waals surface area contributed by atoms with Crippen molar-refractivity contribution < 1.29 is 4.42 Å². The first-order chi connectivity index (χ1) is 7.87. The van der Waals surface area contributed by atoms with Crippen LogP contribution < -0.4 is 10.6 Å². The molecular weight excluding hydrogens is 216 g/mol. The molecule has 0 radical (unpaired) electrons. The number of nitrogens with zero attached hydrogens (tertiary/aromatic N) is 2. The van der Waals surface area contributed by atoms with Crippen molar-refractivity contribution in [3.05, 3.63) is 5.89 Å². The zero-order valence-corrected chi connectivity index (χ0v) is 11.5. The highest BCUT2D eigenvalue weighted by Crippen LogP contribution is 2.14. The third-order valence-corrected chi connectivity index (χ3v) is 2.07. The summed E-state index contributed by atoms with van der Waals surface area (Å²) in [6, 6.07) is 0.501. The number of hydrogen-bond donors (Lipinski definition) is 2. The van der Waals surface area contributed by atoms with Crippen molar-refractivity contribution >= 4 is 6.01 Å². The van der Waals surface area contributed by atoms with Crippen LogP contribution >= 0.6 is 0 Å². The number of anilines is 1. The van der Waals surface area contributed by atoms with Gasteiger partial charge in [-0.1, -0.05) is 39.7 Å². The van der Waals surface area contributed by atoms with Crippen LogP contribution in [-0.2, 0) is 6.54 Å². The van der Waals surface area contributed by atoms with E-state index in [0.717, 1.165) is 13.1 Å². The summed E-state index contributed by atoms with van der Waals surface area (Å²) >= 11 is 0. The Kier molecular flexibility index (Phi) is 4.93. The van der Waals surface area contributed by atoms with Crippen LogP contribution in [0.25, 0.3) is 0 Å². The summed E-state index contributed by atoms with van der Waals surface area (Å²) in [5.41, 5.74) is 0.199. The smallest absolute Gasteiger partial charge is 0.315 e. The molecule has 1 aromatic rings. The number of rotatable bonds is 6. The summed E-state index contributed by atoms with van der Waals surface area (Å²) in [5, 5.41) is 14.3. The van der Waals surface area contributed by atoms with Gasteiger partial charge in [-0.3, -0.25) is 0 Å². The molecule has 0 unspecified atom stereocenters. The van der Waals surface area contributed by atoms with Gasteiger partial charge in [0.25, 0.3) is 0 Å². The van der Waals surface area contributed by atoms with Crippen LogP contribution in [0.4, 0.5) is 6.01 Å². The van der Waals surface area contributed by atoms with Gasteiger partial charge >= 0.3 is 6.01 Å². The molecule has 1 rings (SSSR count).